The zero-order valence-electron chi connectivity index (χ0n) is 39.7. The Morgan fingerprint density at radius 3 is 1.20 bits per heavy atom. The molecule has 0 aromatic heterocycles. The summed E-state index contributed by atoms with van der Waals surface area (Å²) in [5.41, 5.74) is 0. The number of ether oxygens (including phenoxy) is 1. The fraction of sp³-hybridized carbons (Fsp3) is 0.925. The number of hydrogen-bond donors (Lipinski definition) is 3. The number of hydrogen-bond acceptors (Lipinski definition) is 5. The third kappa shape index (κ3) is 45.9. The molecule has 350 valence electrons. The van der Waals surface area contributed by atoms with Crippen LogP contribution in [0.4, 0.5) is 0 Å². The molecule has 0 rings (SSSR count). The molecule has 0 aliphatic carbocycles. The van der Waals surface area contributed by atoms with E-state index < -0.39 is 12.1 Å². The average Bonchev–Trinajstić information content (AvgIpc) is 3.24. The van der Waals surface area contributed by atoms with Gasteiger partial charge < -0.3 is 20.3 Å². The molecule has 0 saturated heterocycles. The first-order chi connectivity index (χ1) is 29.0. The highest BCUT2D eigenvalue weighted by atomic mass is 16.5. The summed E-state index contributed by atoms with van der Waals surface area (Å²) in [6.45, 7) is 4.88. The zero-order chi connectivity index (χ0) is 43.0. The lowest BCUT2D eigenvalue weighted by molar-refractivity contribution is -0.143. The second-order valence-corrected chi connectivity index (χ2v) is 18.2. The van der Waals surface area contributed by atoms with Crippen LogP contribution in [0.25, 0.3) is 0 Å². The van der Waals surface area contributed by atoms with E-state index in [-0.39, 0.29) is 18.5 Å². The molecule has 0 aromatic rings. The van der Waals surface area contributed by atoms with Crippen LogP contribution in [-0.2, 0) is 14.3 Å². The van der Waals surface area contributed by atoms with Crippen LogP contribution in [0, 0.1) is 0 Å². The lowest BCUT2D eigenvalue weighted by Gasteiger charge is -2.22. The van der Waals surface area contributed by atoms with Crippen molar-refractivity contribution in [3.63, 3.8) is 0 Å². The van der Waals surface area contributed by atoms with Crippen molar-refractivity contribution in [3.05, 3.63) is 12.2 Å². The molecule has 2 unspecified atom stereocenters. The number of aliphatic hydroxyl groups excluding tert-OH is 2. The standard InChI is InChI=1S/C53H103NO5/c1-3-5-7-9-11-13-15-17-19-20-22-23-25-29-33-37-41-45-51(56)50(49-55)54-52(57)46-42-38-34-30-27-28-32-36-40-44-48-59-53(58)47-43-39-35-31-26-24-21-18-16-14-12-10-8-6-4-2/h28,32,50-51,55-56H,3-27,29-31,33-49H2,1-2H3,(H,54,57)/b32-28-. The number of nitrogens with one attached hydrogen (secondary N) is 1. The molecule has 1 amide bonds. The maximum atomic E-state index is 12.4. The van der Waals surface area contributed by atoms with Crippen LogP contribution in [0.2, 0.25) is 0 Å². The molecule has 2 atom stereocenters. The van der Waals surface area contributed by atoms with Gasteiger partial charge in [-0.3, -0.25) is 9.59 Å². The molecule has 3 N–H and O–H groups in total. The minimum atomic E-state index is -0.685. The maximum absolute atomic E-state index is 12.4. The minimum absolute atomic E-state index is 0.0329. The summed E-state index contributed by atoms with van der Waals surface area (Å²) in [6.07, 6.45) is 56.1. The molecule has 0 spiro atoms. The Morgan fingerprint density at radius 1 is 0.458 bits per heavy atom. The normalized spacial score (nSPS) is 12.7. The number of unbranched alkanes of at least 4 members (excludes halogenated alkanes) is 36. The van der Waals surface area contributed by atoms with E-state index >= 15 is 0 Å². The zero-order valence-corrected chi connectivity index (χ0v) is 39.7. The summed E-state index contributed by atoms with van der Waals surface area (Å²) < 4.78 is 5.44. The number of aliphatic hydroxyl groups is 2. The molecule has 0 aliphatic heterocycles. The average molecular weight is 834 g/mol. The summed E-state index contributed by atoms with van der Waals surface area (Å²) in [5, 5.41) is 23.2. The van der Waals surface area contributed by atoms with E-state index in [0.717, 1.165) is 77.0 Å². The Morgan fingerprint density at radius 2 is 0.797 bits per heavy atom. The van der Waals surface area contributed by atoms with Crippen LogP contribution in [0.1, 0.15) is 290 Å². The van der Waals surface area contributed by atoms with Crippen LogP contribution >= 0.6 is 0 Å². The van der Waals surface area contributed by atoms with Crippen molar-refractivity contribution in [1.82, 2.24) is 5.32 Å². The SMILES string of the molecule is CCCCCCCCCCCCCCCCCCCC(O)C(CO)NC(=O)CCCCCC/C=C\CCCCOC(=O)CCCCCCCCCCCCCCCCC. The second kappa shape index (κ2) is 49.3. The van der Waals surface area contributed by atoms with Crippen molar-refractivity contribution in [1.29, 1.82) is 0 Å². The minimum Gasteiger partial charge on any atom is -0.466 e. The van der Waals surface area contributed by atoms with Crippen molar-refractivity contribution < 1.29 is 24.5 Å². The van der Waals surface area contributed by atoms with Crippen LogP contribution < -0.4 is 5.32 Å². The predicted molar refractivity (Wildman–Crippen MR) is 255 cm³/mol. The number of carbonyl (C=O) groups excluding carboxylic acids is 2. The highest BCUT2D eigenvalue weighted by Gasteiger charge is 2.20. The molecule has 0 aliphatic rings. The van der Waals surface area contributed by atoms with Gasteiger partial charge in [0.05, 0.1) is 25.4 Å². The molecule has 0 fully saturated rings. The Bertz CT molecular complexity index is 878. The van der Waals surface area contributed by atoms with E-state index in [9.17, 15) is 19.8 Å². The fourth-order valence-corrected chi connectivity index (χ4v) is 8.22. The summed E-state index contributed by atoms with van der Waals surface area (Å²) in [6, 6.07) is -0.565. The predicted octanol–water partition coefficient (Wildman–Crippen LogP) is 15.7. The fourth-order valence-electron chi connectivity index (χ4n) is 8.22. The van der Waals surface area contributed by atoms with Crippen molar-refractivity contribution in [2.75, 3.05) is 13.2 Å². The molecule has 6 heteroatoms. The summed E-state index contributed by atoms with van der Waals surface area (Å²) in [5.74, 6) is -0.101. The Kier molecular flexibility index (Phi) is 48.1. The van der Waals surface area contributed by atoms with Gasteiger partial charge in [-0.15, -0.1) is 0 Å². The summed E-state index contributed by atoms with van der Waals surface area (Å²) in [4.78, 5) is 24.5. The van der Waals surface area contributed by atoms with Gasteiger partial charge in [0.15, 0.2) is 0 Å². The Hall–Kier alpha value is -1.40. The number of rotatable bonds is 49. The van der Waals surface area contributed by atoms with E-state index in [1.807, 2.05) is 0 Å². The molecule has 0 heterocycles. The largest absolute Gasteiger partial charge is 0.466 e. The number of carbonyl (C=O) groups is 2. The van der Waals surface area contributed by atoms with Gasteiger partial charge in [-0.1, -0.05) is 238 Å². The molecular formula is C53H103NO5. The summed E-state index contributed by atoms with van der Waals surface area (Å²) >= 11 is 0. The first-order valence-corrected chi connectivity index (χ1v) is 26.4. The highest BCUT2D eigenvalue weighted by Crippen LogP contribution is 2.17. The van der Waals surface area contributed by atoms with Gasteiger partial charge in [-0.2, -0.15) is 0 Å². The van der Waals surface area contributed by atoms with Gasteiger partial charge in [0, 0.05) is 12.8 Å². The molecule has 0 radical (unpaired) electrons. The number of allylic oxidation sites excluding steroid dienone is 2. The molecule has 59 heavy (non-hydrogen) atoms. The number of amides is 1. The number of esters is 1. The van der Waals surface area contributed by atoms with Gasteiger partial charge in [-0.25, -0.2) is 0 Å². The molecule has 0 bridgehead atoms. The van der Waals surface area contributed by atoms with Crippen LogP contribution in [0.3, 0.4) is 0 Å². The van der Waals surface area contributed by atoms with E-state index in [2.05, 4.69) is 31.3 Å². The molecule has 6 nitrogen and oxygen atoms in total. The molecule has 0 saturated carbocycles. The first-order valence-electron chi connectivity index (χ1n) is 26.4. The van der Waals surface area contributed by atoms with Crippen molar-refractivity contribution in [2.45, 2.75) is 302 Å². The summed E-state index contributed by atoms with van der Waals surface area (Å²) in [7, 11) is 0. The Balaban J connectivity index is 3.51. The van der Waals surface area contributed by atoms with Gasteiger partial charge in [0.1, 0.15) is 0 Å². The monoisotopic (exact) mass is 834 g/mol. The van der Waals surface area contributed by atoms with Crippen LogP contribution in [0.15, 0.2) is 12.2 Å². The van der Waals surface area contributed by atoms with Crippen molar-refractivity contribution >= 4 is 11.9 Å². The van der Waals surface area contributed by atoms with Gasteiger partial charge >= 0.3 is 5.97 Å². The first kappa shape index (κ1) is 57.6. The van der Waals surface area contributed by atoms with Crippen molar-refractivity contribution in [3.8, 4) is 0 Å². The van der Waals surface area contributed by atoms with Crippen LogP contribution in [-0.4, -0.2) is 47.4 Å². The van der Waals surface area contributed by atoms with E-state index in [1.165, 1.54) is 180 Å². The Labute approximate surface area is 368 Å². The third-order valence-electron chi connectivity index (χ3n) is 12.3. The highest BCUT2D eigenvalue weighted by molar-refractivity contribution is 5.76. The second-order valence-electron chi connectivity index (χ2n) is 18.2. The topological polar surface area (TPSA) is 95.9 Å². The molecule has 0 aromatic carbocycles. The van der Waals surface area contributed by atoms with Crippen LogP contribution in [0.5, 0.6) is 0 Å². The van der Waals surface area contributed by atoms with E-state index in [0.29, 0.717) is 25.9 Å². The smallest absolute Gasteiger partial charge is 0.305 e. The lowest BCUT2D eigenvalue weighted by atomic mass is 10.0. The van der Waals surface area contributed by atoms with E-state index in [1.54, 1.807) is 0 Å². The van der Waals surface area contributed by atoms with Gasteiger partial charge in [0.2, 0.25) is 5.91 Å². The lowest BCUT2D eigenvalue weighted by Crippen LogP contribution is -2.45. The maximum Gasteiger partial charge on any atom is 0.305 e. The van der Waals surface area contributed by atoms with Gasteiger partial charge in [0.25, 0.3) is 0 Å². The van der Waals surface area contributed by atoms with Gasteiger partial charge in [-0.05, 0) is 51.4 Å². The van der Waals surface area contributed by atoms with Crippen molar-refractivity contribution in [2.24, 2.45) is 0 Å². The third-order valence-corrected chi connectivity index (χ3v) is 12.3. The van der Waals surface area contributed by atoms with E-state index in [4.69, 9.17) is 4.74 Å². The quantitative estimate of drug-likeness (QED) is 0.0322. The molecular weight excluding hydrogens is 731 g/mol.